The van der Waals surface area contributed by atoms with Gasteiger partial charge in [0, 0.05) is 39.0 Å². The molecule has 2 N–H and O–H groups in total. The number of anilines is 1. The molecule has 0 saturated carbocycles. The van der Waals surface area contributed by atoms with Gasteiger partial charge in [-0.2, -0.15) is 10.2 Å². The Bertz CT molecular complexity index is 1450. The van der Waals surface area contributed by atoms with Crippen molar-refractivity contribution in [3.8, 4) is 6.07 Å². The highest BCUT2D eigenvalue weighted by atomic mass is 16.6. The van der Waals surface area contributed by atoms with Gasteiger partial charge in [0.15, 0.2) is 11.2 Å². The number of ether oxygens (including phenoxy) is 2. The normalized spacial score (nSPS) is 15.6. The zero-order chi connectivity index (χ0) is 26.5. The second kappa shape index (κ2) is 11.4. The number of imidazole rings is 1. The smallest absolute Gasteiger partial charge is 0.333 e. The minimum absolute atomic E-state index is 0.0205. The lowest BCUT2D eigenvalue weighted by atomic mass is 10.1. The van der Waals surface area contributed by atoms with Crippen molar-refractivity contribution in [3.63, 3.8) is 0 Å². The Morgan fingerprint density at radius 2 is 2.08 bits per heavy atom. The van der Waals surface area contributed by atoms with Crippen LogP contribution in [0.5, 0.6) is 0 Å². The number of rotatable bonds is 9. The van der Waals surface area contributed by atoms with E-state index in [1.165, 1.54) is 13.3 Å². The lowest BCUT2D eigenvalue weighted by Gasteiger charge is -2.31. The van der Waals surface area contributed by atoms with E-state index < -0.39 is 23.8 Å². The van der Waals surface area contributed by atoms with Crippen LogP contribution in [0.4, 0.5) is 5.95 Å². The molecule has 0 bridgehead atoms. The quantitative estimate of drug-likeness (QED) is 0.301. The van der Waals surface area contributed by atoms with Crippen molar-refractivity contribution in [1.29, 1.82) is 5.26 Å². The molecule has 4 rings (SSSR count). The number of aryl methyl sites for hydroxylation is 1. The molecule has 3 aromatic rings. The molecule has 0 amide bonds. The largest absolute Gasteiger partial charge is 0.462 e. The molecule has 13 nitrogen and oxygen atoms in total. The third-order valence-electron chi connectivity index (χ3n) is 6.31. The predicted octanol–water partition coefficient (Wildman–Crippen LogP) is -0.188. The van der Waals surface area contributed by atoms with Gasteiger partial charge in [-0.05, 0) is 31.9 Å². The Morgan fingerprint density at radius 3 is 2.78 bits per heavy atom. The lowest BCUT2D eigenvalue weighted by molar-refractivity contribution is -0.145. The second-order valence-electron chi connectivity index (χ2n) is 8.76. The number of hydrogen-bond donors (Lipinski definition) is 1. The highest BCUT2D eigenvalue weighted by molar-refractivity contribution is 5.77. The van der Waals surface area contributed by atoms with Crippen LogP contribution < -0.4 is 21.9 Å². The first-order chi connectivity index (χ1) is 17.9. The third-order valence-corrected chi connectivity index (χ3v) is 6.31. The van der Waals surface area contributed by atoms with Crippen molar-refractivity contribution in [2.24, 2.45) is 5.73 Å². The maximum Gasteiger partial charge on any atom is 0.333 e. The van der Waals surface area contributed by atoms with Crippen LogP contribution in [-0.2, 0) is 33.9 Å². The van der Waals surface area contributed by atoms with Crippen LogP contribution >= 0.6 is 0 Å². The molecule has 0 aromatic carbocycles. The fraction of sp³-hybridized carbons (Fsp3) is 0.500. The average molecular weight is 511 g/mol. The van der Waals surface area contributed by atoms with Crippen molar-refractivity contribution >= 4 is 23.1 Å². The topological polar surface area (TPSA) is 163 Å². The molecule has 0 aliphatic carbocycles. The van der Waals surface area contributed by atoms with Crippen molar-refractivity contribution in [1.82, 2.24) is 23.7 Å². The van der Waals surface area contributed by atoms with Gasteiger partial charge in [-0.1, -0.05) is 0 Å². The molecule has 37 heavy (non-hydrogen) atoms. The van der Waals surface area contributed by atoms with Crippen LogP contribution in [0, 0.1) is 11.3 Å². The molecular formula is C24H30N8O5. The molecule has 1 fully saturated rings. The van der Waals surface area contributed by atoms with Gasteiger partial charge in [0.05, 0.1) is 24.4 Å². The number of carbonyl (C=O) groups excluding carboxylic acids is 1. The zero-order valence-electron chi connectivity index (χ0n) is 20.9. The van der Waals surface area contributed by atoms with Crippen LogP contribution in [0.2, 0.25) is 0 Å². The van der Waals surface area contributed by atoms with Crippen molar-refractivity contribution < 1.29 is 14.3 Å². The van der Waals surface area contributed by atoms with Crippen molar-refractivity contribution in [2.75, 3.05) is 38.3 Å². The monoisotopic (exact) mass is 510 g/mol. The minimum Gasteiger partial charge on any atom is -0.462 e. The summed E-state index contributed by atoms with van der Waals surface area (Å²) >= 11 is 0. The van der Waals surface area contributed by atoms with E-state index in [4.69, 9.17) is 15.2 Å². The molecule has 0 radical (unpaired) electrons. The summed E-state index contributed by atoms with van der Waals surface area (Å²) in [7, 11) is 1.48. The SMILES string of the molecule is CCn1c(N2CCCC(N)C2)nc2c1c(=O)n(Cc1ncccc1C#N)c(=O)n2CC(=O)OCCOC. The Hall–Kier alpha value is -4.02. The first kappa shape index (κ1) is 26.1. The average Bonchev–Trinajstić information content (AvgIpc) is 3.29. The summed E-state index contributed by atoms with van der Waals surface area (Å²) in [6, 6.07) is 5.16. The number of fused-ring (bicyclic) bond motifs is 1. The van der Waals surface area contributed by atoms with Gasteiger partial charge in [0.2, 0.25) is 5.95 Å². The number of nitrogens with two attached hydrogens (primary N) is 1. The summed E-state index contributed by atoms with van der Waals surface area (Å²) in [5.74, 6) is -0.159. The van der Waals surface area contributed by atoms with Gasteiger partial charge in [-0.3, -0.25) is 23.7 Å². The fourth-order valence-corrected chi connectivity index (χ4v) is 4.52. The van der Waals surface area contributed by atoms with Gasteiger partial charge in [0.1, 0.15) is 19.2 Å². The van der Waals surface area contributed by atoms with Crippen LogP contribution in [0.25, 0.3) is 11.2 Å². The molecule has 1 aliphatic heterocycles. The number of esters is 1. The lowest BCUT2D eigenvalue weighted by Crippen LogP contribution is -2.44. The highest BCUT2D eigenvalue weighted by Gasteiger charge is 2.27. The molecule has 0 spiro atoms. The summed E-state index contributed by atoms with van der Waals surface area (Å²) < 4.78 is 14.0. The number of aromatic nitrogens is 5. The first-order valence-electron chi connectivity index (χ1n) is 12.1. The van der Waals surface area contributed by atoms with Gasteiger partial charge < -0.3 is 24.7 Å². The number of pyridine rings is 1. The van der Waals surface area contributed by atoms with E-state index in [-0.39, 0.29) is 48.2 Å². The predicted molar refractivity (Wildman–Crippen MR) is 134 cm³/mol. The van der Waals surface area contributed by atoms with Crippen LogP contribution in [0.1, 0.15) is 31.0 Å². The van der Waals surface area contributed by atoms with Gasteiger partial charge in [-0.25, -0.2) is 4.79 Å². The van der Waals surface area contributed by atoms with Crippen LogP contribution in [0.15, 0.2) is 27.9 Å². The van der Waals surface area contributed by atoms with Gasteiger partial charge >= 0.3 is 11.7 Å². The molecule has 13 heteroatoms. The van der Waals surface area contributed by atoms with Gasteiger partial charge in [-0.15, -0.1) is 0 Å². The number of hydrogen-bond acceptors (Lipinski definition) is 10. The number of carbonyl (C=O) groups is 1. The summed E-state index contributed by atoms with van der Waals surface area (Å²) in [6.45, 7) is 3.06. The van der Waals surface area contributed by atoms with E-state index >= 15 is 0 Å². The molecule has 3 aromatic heterocycles. The summed E-state index contributed by atoms with van der Waals surface area (Å²) in [6.07, 6.45) is 3.24. The van der Waals surface area contributed by atoms with E-state index in [0.717, 1.165) is 22.0 Å². The fourth-order valence-electron chi connectivity index (χ4n) is 4.52. The van der Waals surface area contributed by atoms with Gasteiger partial charge in [0.25, 0.3) is 5.56 Å². The minimum atomic E-state index is -0.751. The summed E-state index contributed by atoms with van der Waals surface area (Å²) in [5, 5.41) is 9.47. The Morgan fingerprint density at radius 1 is 1.27 bits per heavy atom. The molecule has 1 atom stereocenters. The van der Waals surface area contributed by atoms with E-state index in [9.17, 15) is 19.6 Å². The van der Waals surface area contributed by atoms with E-state index in [1.807, 2.05) is 17.9 Å². The Labute approximate surface area is 212 Å². The number of piperidine rings is 1. The maximum absolute atomic E-state index is 13.7. The maximum atomic E-state index is 13.7. The third kappa shape index (κ3) is 5.25. The standard InChI is InChI=1S/C24H30N8O5/c1-3-30-20-21(28-23(30)29-9-5-7-17(26)13-29)31(15-19(33)37-11-10-36-2)24(35)32(22(20)34)14-18-16(12-25)6-4-8-27-18/h4,6,8,17H,3,5,7,9-11,13-15,26H2,1-2H3. The van der Waals surface area contributed by atoms with Crippen LogP contribution in [-0.4, -0.2) is 69.1 Å². The first-order valence-corrected chi connectivity index (χ1v) is 12.1. The number of methoxy groups -OCH3 is 1. The molecule has 196 valence electrons. The number of nitriles is 1. The molecule has 4 heterocycles. The Balaban J connectivity index is 1.90. The zero-order valence-corrected chi connectivity index (χ0v) is 20.9. The number of nitrogens with zero attached hydrogens (tertiary/aromatic N) is 7. The molecule has 1 aliphatic rings. The molecular weight excluding hydrogens is 480 g/mol. The van der Waals surface area contributed by atoms with Crippen molar-refractivity contribution in [3.05, 3.63) is 50.4 Å². The van der Waals surface area contributed by atoms with E-state index in [2.05, 4.69) is 9.97 Å². The molecule has 1 unspecified atom stereocenters. The summed E-state index contributed by atoms with van der Waals surface area (Å²) in [5.41, 5.74) is 5.63. The van der Waals surface area contributed by atoms with Crippen molar-refractivity contribution in [2.45, 2.75) is 45.4 Å². The summed E-state index contributed by atoms with van der Waals surface area (Å²) in [4.78, 5) is 50.8. The van der Waals surface area contributed by atoms with Crippen LogP contribution in [0.3, 0.4) is 0 Å². The Kier molecular flexibility index (Phi) is 8.00. The highest BCUT2D eigenvalue weighted by Crippen LogP contribution is 2.23. The molecule has 1 saturated heterocycles. The second-order valence-corrected chi connectivity index (χ2v) is 8.76. The van der Waals surface area contributed by atoms with E-state index in [1.54, 1.807) is 16.7 Å². The van der Waals surface area contributed by atoms with E-state index in [0.29, 0.717) is 25.6 Å².